The van der Waals surface area contributed by atoms with Crippen molar-refractivity contribution in [2.75, 3.05) is 7.11 Å². The van der Waals surface area contributed by atoms with E-state index in [-0.39, 0.29) is 17.9 Å². The smallest absolute Gasteiger partial charge is 0.335 e. The number of nitrogens with one attached hydrogen (secondary N) is 1. The van der Waals surface area contributed by atoms with Crippen LogP contribution in [-0.2, 0) is 6.61 Å². The van der Waals surface area contributed by atoms with Crippen LogP contribution in [0.1, 0.15) is 32.0 Å². The van der Waals surface area contributed by atoms with Crippen LogP contribution < -0.4 is 14.9 Å². The van der Waals surface area contributed by atoms with Gasteiger partial charge < -0.3 is 19.0 Å². The highest BCUT2D eigenvalue weighted by atomic mass is 127. The molecule has 0 aliphatic carbocycles. The predicted octanol–water partition coefficient (Wildman–Crippen LogP) is 6.45. The minimum atomic E-state index is -0.997. The van der Waals surface area contributed by atoms with Crippen molar-refractivity contribution < 1.29 is 28.6 Å². The number of carboxylic acids is 1. The first-order valence-electron chi connectivity index (χ1n) is 10.3. The summed E-state index contributed by atoms with van der Waals surface area (Å²) in [6, 6.07) is 15.5. The number of hydrogen-bond donors (Lipinski definition) is 2. The van der Waals surface area contributed by atoms with Crippen LogP contribution in [0, 0.1) is 7.14 Å². The molecule has 1 amide bonds. The van der Waals surface area contributed by atoms with Crippen LogP contribution in [0.3, 0.4) is 0 Å². The SMILES string of the molecule is COc1cc(/C=N\NC(=O)c2cc3cc(Br)cc(I)c3o2)cc(I)c1OCc1cccc(C(=O)O)c1. The van der Waals surface area contributed by atoms with E-state index in [1.165, 1.54) is 19.4 Å². The molecule has 0 unspecified atom stereocenters. The molecule has 1 aromatic heterocycles. The van der Waals surface area contributed by atoms with E-state index >= 15 is 0 Å². The molecule has 0 fully saturated rings. The van der Waals surface area contributed by atoms with E-state index in [0.29, 0.717) is 28.2 Å². The number of ether oxygens (including phenoxy) is 2. The van der Waals surface area contributed by atoms with E-state index in [1.807, 2.05) is 18.2 Å². The number of carboxylic acid groups (broad SMARTS) is 1. The summed E-state index contributed by atoms with van der Waals surface area (Å²) in [5, 5.41) is 14.0. The highest BCUT2D eigenvalue weighted by molar-refractivity contribution is 14.1. The number of furan rings is 1. The van der Waals surface area contributed by atoms with E-state index < -0.39 is 11.9 Å². The van der Waals surface area contributed by atoms with Crippen molar-refractivity contribution in [3.63, 3.8) is 0 Å². The Morgan fingerprint density at radius 3 is 2.69 bits per heavy atom. The standard InChI is InChI=1S/C25H17BrI2N2O6/c1-34-20-7-14(6-18(27)23(20)35-12-13-3-2-4-15(5-13)25(32)33)11-29-30-24(31)21-9-16-8-17(26)10-19(28)22(16)36-21/h2-11H,12H2,1H3,(H,30,31)(H,32,33)/b29-11-. The summed E-state index contributed by atoms with van der Waals surface area (Å²) in [4.78, 5) is 23.7. The van der Waals surface area contributed by atoms with Crippen LogP contribution in [0.25, 0.3) is 11.0 Å². The van der Waals surface area contributed by atoms with Crippen LogP contribution in [-0.4, -0.2) is 30.3 Å². The third kappa shape index (κ3) is 6.18. The number of hydrogen-bond acceptors (Lipinski definition) is 6. The van der Waals surface area contributed by atoms with Gasteiger partial charge in [0.1, 0.15) is 12.2 Å². The highest BCUT2D eigenvalue weighted by Crippen LogP contribution is 2.34. The van der Waals surface area contributed by atoms with Crippen molar-refractivity contribution >= 4 is 90.2 Å². The van der Waals surface area contributed by atoms with Gasteiger partial charge in [0, 0.05) is 9.86 Å². The molecule has 1 heterocycles. The van der Waals surface area contributed by atoms with Crippen molar-refractivity contribution in [2.45, 2.75) is 6.61 Å². The van der Waals surface area contributed by atoms with Gasteiger partial charge in [-0.2, -0.15) is 5.10 Å². The van der Waals surface area contributed by atoms with E-state index in [9.17, 15) is 9.59 Å². The molecule has 0 spiro atoms. The maximum absolute atomic E-state index is 12.5. The van der Waals surface area contributed by atoms with Crippen LogP contribution in [0.15, 0.2) is 68.6 Å². The Morgan fingerprint density at radius 1 is 1.14 bits per heavy atom. The lowest BCUT2D eigenvalue weighted by molar-refractivity contribution is 0.0696. The zero-order valence-corrected chi connectivity index (χ0v) is 24.5. The molecule has 0 aliphatic rings. The minimum Gasteiger partial charge on any atom is -0.493 e. The van der Waals surface area contributed by atoms with Gasteiger partial charge in [-0.15, -0.1) is 0 Å². The lowest BCUT2D eigenvalue weighted by atomic mass is 10.1. The number of amides is 1. The minimum absolute atomic E-state index is 0.154. The van der Waals surface area contributed by atoms with Gasteiger partial charge in [-0.1, -0.05) is 28.1 Å². The fourth-order valence-electron chi connectivity index (χ4n) is 3.31. The number of halogens is 3. The summed E-state index contributed by atoms with van der Waals surface area (Å²) in [5.41, 5.74) is 4.70. The van der Waals surface area contributed by atoms with Crippen LogP contribution in [0.4, 0.5) is 0 Å². The molecule has 3 aromatic carbocycles. The second kappa shape index (κ2) is 11.6. The van der Waals surface area contributed by atoms with E-state index in [2.05, 4.69) is 71.6 Å². The van der Waals surface area contributed by atoms with Crippen LogP contribution in [0.2, 0.25) is 0 Å². The number of benzene rings is 3. The van der Waals surface area contributed by atoms with Crippen molar-refractivity contribution in [3.05, 3.63) is 88.7 Å². The molecule has 2 N–H and O–H groups in total. The molecule has 8 nitrogen and oxygen atoms in total. The third-order valence-electron chi connectivity index (χ3n) is 4.95. The first-order chi connectivity index (χ1) is 17.2. The van der Waals surface area contributed by atoms with E-state index in [0.717, 1.165) is 17.0 Å². The number of carbonyl (C=O) groups is 2. The maximum Gasteiger partial charge on any atom is 0.335 e. The third-order valence-corrected chi connectivity index (χ3v) is 7.01. The topological polar surface area (TPSA) is 110 Å². The van der Waals surface area contributed by atoms with Gasteiger partial charge in [0.15, 0.2) is 17.3 Å². The first-order valence-corrected chi connectivity index (χ1v) is 13.2. The molecule has 0 bridgehead atoms. The van der Waals surface area contributed by atoms with E-state index in [1.54, 1.807) is 30.3 Å². The zero-order chi connectivity index (χ0) is 25.8. The van der Waals surface area contributed by atoms with Crippen LogP contribution >= 0.6 is 61.1 Å². The van der Waals surface area contributed by atoms with Crippen molar-refractivity contribution in [1.29, 1.82) is 0 Å². The fourth-order valence-corrected chi connectivity index (χ4v) is 5.75. The van der Waals surface area contributed by atoms with Gasteiger partial charge >= 0.3 is 11.9 Å². The Labute approximate surface area is 241 Å². The normalized spacial score (nSPS) is 11.1. The number of carbonyl (C=O) groups excluding carboxylic acids is 1. The van der Waals surface area contributed by atoms with Crippen LogP contribution in [0.5, 0.6) is 11.5 Å². The molecule has 0 atom stereocenters. The highest BCUT2D eigenvalue weighted by Gasteiger charge is 2.15. The van der Waals surface area contributed by atoms with Crippen molar-refractivity contribution in [2.24, 2.45) is 5.10 Å². The number of fused-ring (bicyclic) bond motifs is 1. The average Bonchev–Trinajstić information content (AvgIpc) is 3.28. The molecule has 4 aromatic rings. The van der Waals surface area contributed by atoms with Gasteiger partial charge in [-0.25, -0.2) is 10.2 Å². The lowest BCUT2D eigenvalue weighted by Crippen LogP contribution is -2.16. The van der Waals surface area contributed by atoms with Crippen molar-refractivity contribution in [3.8, 4) is 11.5 Å². The quantitative estimate of drug-likeness (QED) is 0.121. The summed E-state index contributed by atoms with van der Waals surface area (Å²) < 4.78 is 19.6. The molecule has 0 saturated heterocycles. The molecule has 4 rings (SSSR count). The van der Waals surface area contributed by atoms with Gasteiger partial charge in [0.05, 0.1) is 26.0 Å². The van der Waals surface area contributed by atoms with Gasteiger partial charge in [0.25, 0.3) is 0 Å². The average molecular weight is 775 g/mol. The maximum atomic E-state index is 12.5. The Bertz CT molecular complexity index is 1500. The number of nitrogens with zero attached hydrogens (tertiary/aromatic N) is 1. The van der Waals surface area contributed by atoms with Crippen molar-refractivity contribution in [1.82, 2.24) is 5.43 Å². The Morgan fingerprint density at radius 2 is 1.94 bits per heavy atom. The summed E-state index contributed by atoms with van der Waals surface area (Å²) in [6.07, 6.45) is 1.49. The summed E-state index contributed by atoms with van der Waals surface area (Å²) in [6.45, 7) is 0.171. The second-order valence-electron chi connectivity index (χ2n) is 7.44. The predicted molar refractivity (Wildman–Crippen MR) is 155 cm³/mol. The summed E-state index contributed by atoms with van der Waals surface area (Å²) in [5.74, 6) is -0.326. The molecular formula is C25H17BrI2N2O6. The first kappa shape index (κ1) is 26.4. The molecule has 36 heavy (non-hydrogen) atoms. The molecule has 0 radical (unpaired) electrons. The number of hydrazone groups is 1. The van der Waals surface area contributed by atoms with Gasteiger partial charge in [0.2, 0.25) is 0 Å². The molecule has 0 aliphatic heterocycles. The Hall–Kier alpha value is -2.65. The fraction of sp³-hybridized carbons (Fsp3) is 0.0800. The largest absolute Gasteiger partial charge is 0.493 e. The Kier molecular flexibility index (Phi) is 8.51. The molecule has 0 saturated carbocycles. The number of methoxy groups -OCH3 is 1. The Balaban J connectivity index is 1.45. The molecular weight excluding hydrogens is 758 g/mol. The zero-order valence-electron chi connectivity index (χ0n) is 18.6. The molecule has 11 heteroatoms. The van der Waals surface area contributed by atoms with Gasteiger partial charge in [-0.3, -0.25) is 4.79 Å². The van der Waals surface area contributed by atoms with E-state index in [4.69, 9.17) is 19.0 Å². The lowest BCUT2D eigenvalue weighted by Gasteiger charge is -2.14. The molecule has 184 valence electrons. The number of aromatic carboxylic acids is 1. The summed E-state index contributed by atoms with van der Waals surface area (Å²) in [7, 11) is 1.52. The van der Waals surface area contributed by atoms with Gasteiger partial charge in [-0.05, 0) is 98.8 Å². The monoisotopic (exact) mass is 774 g/mol. The number of rotatable bonds is 8. The second-order valence-corrected chi connectivity index (χ2v) is 10.7. The summed E-state index contributed by atoms with van der Waals surface area (Å²) >= 11 is 7.70.